The van der Waals surface area contributed by atoms with Crippen LogP contribution in [0, 0.1) is 0 Å². The minimum absolute atomic E-state index is 0.371. The van der Waals surface area contributed by atoms with E-state index in [1.54, 1.807) is 32.2 Å². The highest BCUT2D eigenvalue weighted by molar-refractivity contribution is 5.86. The van der Waals surface area contributed by atoms with Gasteiger partial charge in [-0.05, 0) is 25.1 Å². The topological polar surface area (TPSA) is 48.7 Å². The van der Waals surface area contributed by atoms with Crippen LogP contribution in [-0.4, -0.2) is 19.7 Å². The summed E-state index contributed by atoms with van der Waals surface area (Å²) in [5.41, 5.74) is 0. The van der Waals surface area contributed by atoms with Crippen LogP contribution >= 0.6 is 0 Å². The number of methoxy groups -OCH3 is 1. The quantitative estimate of drug-likeness (QED) is 0.551. The number of furan rings is 1. The van der Waals surface area contributed by atoms with Crippen LogP contribution in [-0.2, 0) is 20.9 Å². The van der Waals surface area contributed by atoms with Crippen LogP contribution in [0.2, 0.25) is 0 Å². The molecule has 0 aliphatic rings. The van der Waals surface area contributed by atoms with Gasteiger partial charge in [-0.3, -0.25) is 0 Å². The van der Waals surface area contributed by atoms with Gasteiger partial charge in [0.25, 0.3) is 0 Å². The minimum Gasteiger partial charge on any atom is -0.463 e. The number of esters is 1. The molecule has 0 amide bonds. The van der Waals surface area contributed by atoms with E-state index in [1.165, 1.54) is 6.08 Å². The van der Waals surface area contributed by atoms with E-state index in [0.29, 0.717) is 19.0 Å². The first-order valence-electron chi connectivity index (χ1n) is 4.68. The molecule has 0 aliphatic heterocycles. The second-order valence-corrected chi connectivity index (χ2v) is 2.82. The normalized spacial score (nSPS) is 10.8. The van der Waals surface area contributed by atoms with Gasteiger partial charge in [0.2, 0.25) is 0 Å². The maximum atomic E-state index is 11.0. The number of hydrogen-bond acceptors (Lipinski definition) is 4. The van der Waals surface area contributed by atoms with Crippen molar-refractivity contribution in [3.8, 4) is 0 Å². The maximum Gasteiger partial charge on any atom is 0.330 e. The predicted octanol–water partition coefficient (Wildman–Crippen LogP) is 2.00. The molecule has 4 heteroatoms. The monoisotopic (exact) mass is 210 g/mol. The van der Waals surface area contributed by atoms with Crippen molar-refractivity contribution in [2.45, 2.75) is 13.5 Å². The number of carbonyl (C=O) groups excluding carboxylic acids is 1. The molecule has 0 fully saturated rings. The van der Waals surface area contributed by atoms with Crippen LogP contribution in [0.1, 0.15) is 18.4 Å². The zero-order valence-electron chi connectivity index (χ0n) is 8.86. The molecular weight excluding hydrogens is 196 g/mol. The van der Waals surface area contributed by atoms with Gasteiger partial charge < -0.3 is 13.9 Å². The fraction of sp³-hybridized carbons (Fsp3) is 0.364. The average molecular weight is 210 g/mol. The van der Waals surface area contributed by atoms with E-state index in [2.05, 4.69) is 0 Å². The Balaban J connectivity index is 2.52. The van der Waals surface area contributed by atoms with Gasteiger partial charge in [0, 0.05) is 13.2 Å². The van der Waals surface area contributed by atoms with E-state index in [4.69, 9.17) is 13.9 Å². The molecule has 82 valence electrons. The summed E-state index contributed by atoms with van der Waals surface area (Å²) < 4.78 is 15.0. The third kappa shape index (κ3) is 3.99. The molecule has 0 N–H and O–H groups in total. The van der Waals surface area contributed by atoms with Crippen molar-refractivity contribution in [1.29, 1.82) is 0 Å². The van der Waals surface area contributed by atoms with E-state index in [1.807, 2.05) is 0 Å². The Morgan fingerprint density at radius 2 is 2.33 bits per heavy atom. The first kappa shape index (κ1) is 11.5. The summed E-state index contributed by atoms with van der Waals surface area (Å²) in [7, 11) is 1.59. The fourth-order valence-electron chi connectivity index (χ4n) is 1.04. The summed E-state index contributed by atoms with van der Waals surface area (Å²) in [5.74, 6) is 0.957. The molecule has 0 unspecified atom stereocenters. The van der Waals surface area contributed by atoms with Crippen molar-refractivity contribution in [2.75, 3.05) is 13.7 Å². The van der Waals surface area contributed by atoms with Crippen LogP contribution < -0.4 is 0 Å². The summed E-state index contributed by atoms with van der Waals surface area (Å²) in [6.07, 6.45) is 2.90. The first-order valence-corrected chi connectivity index (χ1v) is 4.68. The lowest BCUT2D eigenvalue weighted by atomic mass is 10.4. The van der Waals surface area contributed by atoms with Gasteiger partial charge in [0.15, 0.2) is 0 Å². The minimum atomic E-state index is -0.373. The third-order valence-corrected chi connectivity index (χ3v) is 1.64. The van der Waals surface area contributed by atoms with Gasteiger partial charge in [0.05, 0.1) is 6.61 Å². The van der Waals surface area contributed by atoms with Crippen molar-refractivity contribution in [2.24, 2.45) is 0 Å². The molecule has 1 rings (SSSR count). The molecule has 4 nitrogen and oxygen atoms in total. The van der Waals surface area contributed by atoms with Gasteiger partial charge in [-0.1, -0.05) is 0 Å². The highest BCUT2D eigenvalue weighted by atomic mass is 16.5. The largest absolute Gasteiger partial charge is 0.463 e. The highest BCUT2D eigenvalue weighted by Crippen LogP contribution is 2.10. The predicted molar refractivity (Wildman–Crippen MR) is 55.1 cm³/mol. The van der Waals surface area contributed by atoms with Gasteiger partial charge in [0.1, 0.15) is 18.1 Å². The Morgan fingerprint density at radius 1 is 1.53 bits per heavy atom. The Hall–Kier alpha value is -1.55. The van der Waals surface area contributed by atoms with Gasteiger partial charge in [-0.25, -0.2) is 4.79 Å². The number of rotatable bonds is 5. The average Bonchev–Trinajstić information content (AvgIpc) is 2.64. The van der Waals surface area contributed by atoms with Crippen molar-refractivity contribution in [3.05, 3.63) is 29.7 Å². The molecule has 1 aromatic rings. The van der Waals surface area contributed by atoms with Crippen molar-refractivity contribution < 1.29 is 18.7 Å². The summed E-state index contributed by atoms with van der Waals surface area (Å²) in [5, 5.41) is 0. The first-order chi connectivity index (χ1) is 7.26. The number of carbonyl (C=O) groups is 1. The second kappa shape index (κ2) is 6.03. The Kier molecular flexibility index (Phi) is 4.63. The highest BCUT2D eigenvalue weighted by Gasteiger charge is 1.99. The van der Waals surface area contributed by atoms with Crippen molar-refractivity contribution in [1.82, 2.24) is 0 Å². The van der Waals surface area contributed by atoms with Gasteiger partial charge in [-0.2, -0.15) is 0 Å². The second-order valence-electron chi connectivity index (χ2n) is 2.82. The molecule has 1 aromatic heterocycles. The number of hydrogen-bond donors (Lipinski definition) is 0. The SMILES string of the molecule is CCOC(=O)/C=C/c1ccc(COC)o1. The van der Waals surface area contributed by atoms with Crippen LogP contribution in [0.4, 0.5) is 0 Å². The maximum absolute atomic E-state index is 11.0. The van der Waals surface area contributed by atoms with Crippen LogP contribution in [0.5, 0.6) is 0 Å². The third-order valence-electron chi connectivity index (χ3n) is 1.64. The Bertz CT molecular complexity index is 338. The van der Waals surface area contributed by atoms with Crippen molar-refractivity contribution in [3.63, 3.8) is 0 Å². The van der Waals surface area contributed by atoms with Crippen molar-refractivity contribution >= 4 is 12.0 Å². The molecule has 1 heterocycles. The molecular formula is C11H14O4. The van der Waals surface area contributed by atoms with Crippen LogP contribution in [0.25, 0.3) is 6.08 Å². The van der Waals surface area contributed by atoms with E-state index >= 15 is 0 Å². The van der Waals surface area contributed by atoms with E-state index in [0.717, 1.165) is 5.76 Å². The van der Waals surface area contributed by atoms with Crippen LogP contribution in [0.3, 0.4) is 0 Å². The molecule has 0 saturated carbocycles. The molecule has 0 bridgehead atoms. The van der Waals surface area contributed by atoms with E-state index in [9.17, 15) is 4.79 Å². The van der Waals surface area contributed by atoms with Gasteiger partial charge >= 0.3 is 5.97 Å². The standard InChI is InChI=1S/C11H14O4/c1-3-14-11(12)7-6-9-4-5-10(15-9)8-13-2/h4-7H,3,8H2,1-2H3/b7-6+. The lowest BCUT2D eigenvalue weighted by Crippen LogP contribution is -1.98. The molecule has 0 spiro atoms. The zero-order chi connectivity index (χ0) is 11.1. The smallest absolute Gasteiger partial charge is 0.330 e. The van der Waals surface area contributed by atoms with Crippen LogP contribution in [0.15, 0.2) is 22.6 Å². The molecule has 0 radical (unpaired) electrons. The Morgan fingerprint density at radius 3 is 3.00 bits per heavy atom. The molecule has 0 aliphatic carbocycles. The Labute approximate surface area is 88.5 Å². The lowest BCUT2D eigenvalue weighted by molar-refractivity contribution is -0.137. The lowest BCUT2D eigenvalue weighted by Gasteiger charge is -1.94. The zero-order valence-corrected chi connectivity index (χ0v) is 8.86. The molecule has 0 saturated heterocycles. The molecule has 15 heavy (non-hydrogen) atoms. The summed E-state index contributed by atoms with van der Waals surface area (Å²) in [6, 6.07) is 3.57. The van der Waals surface area contributed by atoms with E-state index < -0.39 is 0 Å². The molecule has 0 atom stereocenters. The summed E-state index contributed by atoms with van der Waals surface area (Å²) in [6.45, 7) is 2.55. The summed E-state index contributed by atoms with van der Waals surface area (Å²) in [4.78, 5) is 11.0. The summed E-state index contributed by atoms with van der Waals surface area (Å²) >= 11 is 0. The van der Waals surface area contributed by atoms with E-state index in [-0.39, 0.29) is 5.97 Å². The fourth-order valence-corrected chi connectivity index (χ4v) is 1.04. The molecule has 0 aromatic carbocycles. The number of ether oxygens (including phenoxy) is 2. The van der Waals surface area contributed by atoms with Gasteiger partial charge in [-0.15, -0.1) is 0 Å².